The summed E-state index contributed by atoms with van der Waals surface area (Å²) in [6.07, 6.45) is 7.16. The minimum Gasteiger partial charge on any atom is -0.375 e. The van der Waals surface area contributed by atoms with E-state index in [4.69, 9.17) is 4.74 Å². The Morgan fingerprint density at radius 1 is 1.15 bits per heavy atom. The van der Waals surface area contributed by atoms with E-state index in [0.29, 0.717) is 17.7 Å². The lowest BCUT2D eigenvalue weighted by atomic mass is 9.80. The van der Waals surface area contributed by atoms with Crippen LogP contribution in [-0.2, 0) is 4.74 Å². The van der Waals surface area contributed by atoms with Crippen LogP contribution in [0.25, 0.3) is 0 Å². The van der Waals surface area contributed by atoms with E-state index in [-0.39, 0.29) is 0 Å². The number of nitrogens with one attached hydrogen (secondary N) is 1. The predicted octanol–water partition coefficient (Wildman–Crippen LogP) is 2.09. The quantitative estimate of drug-likeness (QED) is 0.621. The molecule has 1 heterocycles. The fourth-order valence-electron chi connectivity index (χ4n) is 2.59. The molecule has 2 heteroatoms. The first kappa shape index (κ1) is 9.47. The zero-order valence-corrected chi connectivity index (χ0v) is 8.81. The molecule has 2 aliphatic rings. The monoisotopic (exact) mass is 183 g/mol. The molecule has 13 heavy (non-hydrogen) atoms. The van der Waals surface area contributed by atoms with Gasteiger partial charge in [-0.1, -0.05) is 19.3 Å². The molecule has 1 N–H and O–H groups in total. The average Bonchev–Trinajstić information content (AvgIpc) is 2.14. The molecule has 1 aliphatic heterocycles. The van der Waals surface area contributed by atoms with Gasteiger partial charge in [0.15, 0.2) is 0 Å². The van der Waals surface area contributed by atoms with Crippen LogP contribution in [0.2, 0.25) is 0 Å². The van der Waals surface area contributed by atoms with E-state index in [1.54, 1.807) is 0 Å². The molecule has 1 saturated carbocycles. The van der Waals surface area contributed by atoms with Crippen molar-refractivity contribution < 1.29 is 4.74 Å². The standard InChI is InChI=1S/C11H21NO/c1-9-10(2)13-8-11(12-9)6-4-3-5-7-11/h9-10,12H,3-8H2,1-2H3. The molecule has 0 aromatic heterocycles. The third-order valence-corrected chi connectivity index (χ3v) is 3.67. The molecule has 2 nitrogen and oxygen atoms in total. The molecule has 1 aliphatic carbocycles. The zero-order chi connectivity index (χ0) is 9.31. The molecule has 0 amide bonds. The largest absolute Gasteiger partial charge is 0.375 e. The molecule has 2 rings (SSSR count). The normalized spacial score (nSPS) is 39.2. The van der Waals surface area contributed by atoms with Crippen LogP contribution in [0.4, 0.5) is 0 Å². The highest BCUT2D eigenvalue weighted by Crippen LogP contribution is 2.31. The molecule has 0 bridgehead atoms. The minimum atomic E-state index is 0.337. The molecule has 2 atom stereocenters. The smallest absolute Gasteiger partial charge is 0.0698 e. The minimum absolute atomic E-state index is 0.337. The summed E-state index contributed by atoms with van der Waals surface area (Å²) in [6, 6.07) is 0.520. The fraction of sp³-hybridized carbons (Fsp3) is 1.00. The molecule has 76 valence electrons. The van der Waals surface area contributed by atoms with Crippen molar-refractivity contribution in [3.05, 3.63) is 0 Å². The van der Waals surface area contributed by atoms with Crippen molar-refractivity contribution >= 4 is 0 Å². The maximum Gasteiger partial charge on any atom is 0.0698 e. The van der Waals surface area contributed by atoms with Crippen molar-refractivity contribution in [1.29, 1.82) is 0 Å². The summed E-state index contributed by atoms with van der Waals surface area (Å²) >= 11 is 0. The van der Waals surface area contributed by atoms with Gasteiger partial charge in [-0.05, 0) is 26.7 Å². The zero-order valence-electron chi connectivity index (χ0n) is 8.81. The number of morpholine rings is 1. The van der Waals surface area contributed by atoms with E-state index in [9.17, 15) is 0 Å². The SMILES string of the molecule is CC1NC2(CCCCC2)COC1C. The van der Waals surface area contributed by atoms with Crippen molar-refractivity contribution in [2.24, 2.45) is 0 Å². The number of hydrogen-bond acceptors (Lipinski definition) is 2. The van der Waals surface area contributed by atoms with Gasteiger partial charge in [0.1, 0.15) is 0 Å². The topological polar surface area (TPSA) is 21.3 Å². The van der Waals surface area contributed by atoms with Gasteiger partial charge in [0.2, 0.25) is 0 Å². The van der Waals surface area contributed by atoms with Gasteiger partial charge >= 0.3 is 0 Å². The van der Waals surface area contributed by atoms with Crippen molar-refractivity contribution in [2.45, 2.75) is 63.6 Å². The van der Waals surface area contributed by atoms with Crippen LogP contribution >= 0.6 is 0 Å². The van der Waals surface area contributed by atoms with Gasteiger partial charge in [0, 0.05) is 11.6 Å². The van der Waals surface area contributed by atoms with Crippen LogP contribution < -0.4 is 5.32 Å². The maximum atomic E-state index is 5.82. The number of rotatable bonds is 0. The first-order chi connectivity index (χ1) is 6.22. The van der Waals surface area contributed by atoms with Crippen LogP contribution in [0.15, 0.2) is 0 Å². The van der Waals surface area contributed by atoms with Gasteiger partial charge in [-0.3, -0.25) is 0 Å². The van der Waals surface area contributed by atoms with Crippen molar-refractivity contribution in [3.63, 3.8) is 0 Å². The molecule has 1 spiro atoms. The first-order valence-corrected chi connectivity index (χ1v) is 5.61. The highest BCUT2D eigenvalue weighted by atomic mass is 16.5. The maximum absolute atomic E-state index is 5.82. The van der Waals surface area contributed by atoms with Gasteiger partial charge in [-0.2, -0.15) is 0 Å². The third kappa shape index (κ3) is 1.89. The van der Waals surface area contributed by atoms with E-state index in [1.165, 1.54) is 32.1 Å². The Kier molecular flexibility index (Phi) is 2.61. The summed E-state index contributed by atoms with van der Waals surface area (Å²) in [7, 11) is 0. The van der Waals surface area contributed by atoms with Crippen molar-refractivity contribution in [3.8, 4) is 0 Å². The van der Waals surface area contributed by atoms with Gasteiger partial charge < -0.3 is 10.1 Å². The second-order valence-corrected chi connectivity index (χ2v) is 4.79. The van der Waals surface area contributed by atoms with Gasteiger partial charge in [0.05, 0.1) is 12.7 Å². The lowest BCUT2D eigenvalue weighted by Crippen LogP contribution is -2.61. The van der Waals surface area contributed by atoms with E-state index in [1.807, 2.05) is 0 Å². The predicted molar refractivity (Wildman–Crippen MR) is 53.8 cm³/mol. The molecule has 2 unspecified atom stereocenters. The molecule has 0 aromatic rings. The highest BCUT2D eigenvalue weighted by Gasteiger charge is 2.38. The van der Waals surface area contributed by atoms with E-state index in [0.717, 1.165) is 6.61 Å². The summed E-state index contributed by atoms with van der Waals surface area (Å²) in [4.78, 5) is 0. The third-order valence-electron chi connectivity index (χ3n) is 3.67. The lowest BCUT2D eigenvalue weighted by Gasteiger charge is -2.46. The summed E-state index contributed by atoms with van der Waals surface area (Å²) in [5, 5.41) is 3.76. The Balaban J connectivity index is 1.99. The van der Waals surface area contributed by atoms with Crippen LogP contribution in [0.5, 0.6) is 0 Å². The summed E-state index contributed by atoms with van der Waals surface area (Å²) in [6.45, 7) is 5.33. The Morgan fingerprint density at radius 2 is 1.85 bits per heavy atom. The van der Waals surface area contributed by atoms with E-state index < -0.39 is 0 Å². The average molecular weight is 183 g/mol. The van der Waals surface area contributed by atoms with E-state index >= 15 is 0 Å². The van der Waals surface area contributed by atoms with Crippen LogP contribution in [0, 0.1) is 0 Å². The fourth-order valence-corrected chi connectivity index (χ4v) is 2.59. The molecular weight excluding hydrogens is 162 g/mol. The summed E-state index contributed by atoms with van der Waals surface area (Å²) in [5.74, 6) is 0. The lowest BCUT2D eigenvalue weighted by molar-refractivity contribution is -0.0608. The highest BCUT2D eigenvalue weighted by molar-refractivity contribution is 4.96. The van der Waals surface area contributed by atoms with Crippen LogP contribution in [-0.4, -0.2) is 24.3 Å². The first-order valence-electron chi connectivity index (χ1n) is 5.61. The van der Waals surface area contributed by atoms with E-state index in [2.05, 4.69) is 19.2 Å². The molecule has 1 saturated heterocycles. The molecular formula is C11H21NO. The van der Waals surface area contributed by atoms with Crippen molar-refractivity contribution in [1.82, 2.24) is 5.32 Å². The number of hydrogen-bond donors (Lipinski definition) is 1. The molecule has 0 aromatic carbocycles. The Hall–Kier alpha value is -0.0800. The summed E-state index contributed by atoms with van der Waals surface area (Å²) in [5.41, 5.74) is 0.337. The molecule has 0 radical (unpaired) electrons. The Morgan fingerprint density at radius 3 is 2.46 bits per heavy atom. The van der Waals surface area contributed by atoms with Crippen LogP contribution in [0.3, 0.4) is 0 Å². The van der Waals surface area contributed by atoms with Gasteiger partial charge in [-0.15, -0.1) is 0 Å². The van der Waals surface area contributed by atoms with Crippen molar-refractivity contribution in [2.75, 3.05) is 6.61 Å². The second kappa shape index (κ2) is 3.58. The number of ether oxygens (including phenoxy) is 1. The van der Waals surface area contributed by atoms with Crippen LogP contribution in [0.1, 0.15) is 46.0 Å². The Bertz CT molecular complexity index is 175. The molecule has 2 fully saturated rings. The van der Waals surface area contributed by atoms with Gasteiger partial charge in [-0.25, -0.2) is 0 Å². The Labute approximate surface area is 81.0 Å². The second-order valence-electron chi connectivity index (χ2n) is 4.79. The summed E-state index contributed by atoms with van der Waals surface area (Å²) < 4.78 is 5.82. The van der Waals surface area contributed by atoms with Gasteiger partial charge in [0.25, 0.3) is 0 Å².